The predicted molar refractivity (Wildman–Crippen MR) is 68.8 cm³/mol. The van der Waals surface area contributed by atoms with E-state index in [2.05, 4.69) is 16.9 Å². The van der Waals surface area contributed by atoms with Crippen molar-refractivity contribution in [1.82, 2.24) is 9.88 Å². The van der Waals surface area contributed by atoms with Crippen LogP contribution in [0.4, 0.5) is 0 Å². The summed E-state index contributed by atoms with van der Waals surface area (Å²) >= 11 is 0. The van der Waals surface area contributed by atoms with Crippen LogP contribution in [-0.4, -0.2) is 28.6 Å². The first-order valence-corrected chi connectivity index (χ1v) is 6.56. The lowest BCUT2D eigenvalue weighted by molar-refractivity contribution is 0.226. The van der Waals surface area contributed by atoms with Crippen molar-refractivity contribution in [3.63, 3.8) is 0 Å². The van der Waals surface area contributed by atoms with E-state index in [1.165, 1.54) is 44.8 Å². The summed E-state index contributed by atoms with van der Waals surface area (Å²) in [5.41, 5.74) is 1.03. The maximum atomic E-state index is 9.18. The Morgan fingerprint density at radius 3 is 2.71 bits per heavy atom. The van der Waals surface area contributed by atoms with Crippen molar-refractivity contribution in [2.24, 2.45) is 5.92 Å². The third-order valence-electron chi connectivity index (χ3n) is 3.54. The van der Waals surface area contributed by atoms with Crippen molar-refractivity contribution in [2.75, 3.05) is 13.6 Å². The van der Waals surface area contributed by atoms with Crippen molar-refractivity contribution in [1.29, 1.82) is 0 Å². The number of pyridine rings is 1. The zero-order valence-corrected chi connectivity index (χ0v) is 10.6. The van der Waals surface area contributed by atoms with Gasteiger partial charge in [0.1, 0.15) is 5.75 Å². The van der Waals surface area contributed by atoms with Crippen LogP contribution in [0.15, 0.2) is 18.3 Å². The Morgan fingerprint density at radius 1 is 1.29 bits per heavy atom. The first kappa shape index (κ1) is 12.4. The molecule has 0 bridgehead atoms. The molecule has 0 aliphatic heterocycles. The van der Waals surface area contributed by atoms with E-state index in [-0.39, 0.29) is 5.75 Å². The fraction of sp³-hybridized carbons (Fsp3) is 0.643. The van der Waals surface area contributed by atoms with E-state index in [9.17, 15) is 5.11 Å². The van der Waals surface area contributed by atoms with Crippen molar-refractivity contribution in [2.45, 2.75) is 38.6 Å². The minimum atomic E-state index is 0.240. The Balaban J connectivity index is 1.79. The van der Waals surface area contributed by atoms with Gasteiger partial charge in [-0.3, -0.25) is 4.98 Å². The number of hydrogen-bond donors (Lipinski definition) is 1. The van der Waals surface area contributed by atoms with Gasteiger partial charge in [-0.2, -0.15) is 0 Å². The maximum Gasteiger partial charge on any atom is 0.133 e. The van der Waals surface area contributed by atoms with Crippen LogP contribution in [0.25, 0.3) is 0 Å². The molecule has 2 rings (SSSR count). The fourth-order valence-electron chi connectivity index (χ4n) is 2.66. The molecule has 1 aliphatic rings. The zero-order valence-electron chi connectivity index (χ0n) is 10.6. The van der Waals surface area contributed by atoms with Gasteiger partial charge in [-0.25, -0.2) is 0 Å². The number of aromatic nitrogens is 1. The van der Waals surface area contributed by atoms with Crippen LogP contribution in [0.5, 0.6) is 5.75 Å². The summed E-state index contributed by atoms with van der Waals surface area (Å²) in [6.07, 6.45) is 8.50. The molecule has 1 N–H and O–H groups in total. The molecule has 0 saturated heterocycles. The molecule has 1 fully saturated rings. The van der Waals surface area contributed by atoms with Crippen LogP contribution in [0.3, 0.4) is 0 Å². The Labute approximate surface area is 103 Å². The largest absolute Gasteiger partial charge is 0.506 e. The van der Waals surface area contributed by atoms with Gasteiger partial charge in [-0.05, 0) is 37.9 Å². The molecule has 94 valence electrons. The minimum absolute atomic E-state index is 0.240. The topological polar surface area (TPSA) is 36.4 Å². The molecule has 0 spiro atoms. The Morgan fingerprint density at radius 2 is 2.06 bits per heavy atom. The molecule has 0 amide bonds. The molecular weight excluding hydrogens is 212 g/mol. The second kappa shape index (κ2) is 6.01. The van der Waals surface area contributed by atoms with E-state index in [1.54, 1.807) is 6.07 Å². The molecule has 3 nitrogen and oxygen atoms in total. The molecule has 1 aliphatic carbocycles. The summed E-state index contributed by atoms with van der Waals surface area (Å²) in [7, 11) is 2.16. The molecule has 17 heavy (non-hydrogen) atoms. The van der Waals surface area contributed by atoms with E-state index in [4.69, 9.17) is 0 Å². The van der Waals surface area contributed by atoms with Crippen LogP contribution in [0, 0.1) is 5.92 Å². The Hall–Kier alpha value is -1.09. The van der Waals surface area contributed by atoms with Crippen LogP contribution in [-0.2, 0) is 6.54 Å². The second-order valence-electron chi connectivity index (χ2n) is 5.21. The van der Waals surface area contributed by atoms with Crippen molar-refractivity contribution < 1.29 is 5.11 Å². The standard InChI is InChI=1S/C14H22N2O/c1-16(10-12-5-3-2-4-6-12)11-13-7-8-14(17)9-15-13/h7-9,12,17H,2-6,10-11H2,1H3. The quantitative estimate of drug-likeness (QED) is 0.870. The van der Waals surface area contributed by atoms with Gasteiger partial charge >= 0.3 is 0 Å². The summed E-state index contributed by atoms with van der Waals surface area (Å²) in [6.45, 7) is 2.04. The van der Waals surface area contributed by atoms with E-state index in [0.29, 0.717) is 0 Å². The monoisotopic (exact) mass is 234 g/mol. The van der Waals surface area contributed by atoms with E-state index >= 15 is 0 Å². The van der Waals surface area contributed by atoms with Crippen LogP contribution < -0.4 is 0 Å². The van der Waals surface area contributed by atoms with Crippen molar-refractivity contribution in [3.8, 4) is 5.75 Å². The summed E-state index contributed by atoms with van der Waals surface area (Å²) in [4.78, 5) is 6.56. The van der Waals surface area contributed by atoms with Crippen molar-refractivity contribution in [3.05, 3.63) is 24.0 Å². The lowest BCUT2D eigenvalue weighted by atomic mass is 9.89. The molecule has 3 heteroatoms. The van der Waals surface area contributed by atoms with Crippen LogP contribution in [0.2, 0.25) is 0 Å². The van der Waals surface area contributed by atoms with Gasteiger partial charge in [0.15, 0.2) is 0 Å². The SMILES string of the molecule is CN(Cc1ccc(O)cn1)CC1CCCCC1. The van der Waals surface area contributed by atoms with Gasteiger partial charge < -0.3 is 10.0 Å². The number of aromatic hydroxyl groups is 1. The highest BCUT2D eigenvalue weighted by molar-refractivity contribution is 5.17. The lowest BCUT2D eigenvalue weighted by Crippen LogP contribution is -2.27. The highest BCUT2D eigenvalue weighted by Gasteiger charge is 2.15. The van der Waals surface area contributed by atoms with E-state index in [0.717, 1.165) is 18.2 Å². The van der Waals surface area contributed by atoms with Gasteiger partial charge in [-0.1, -0.05) is 19.3 Å². The molecule has 1 heterocycles. The predicted octanol–water partition coefficient (Wildman–Crippen LogP) is 2.80. The summed E-state index contributed by atoms with van der Waals surface area (Å²) in [5.74, 6) is 1.11. The van der Waals surface area contributed by atoms with Gasteiger partial charge in [0, 0.05) is 13.1 Å². The number of nitrogens with zero attached hydrogens (tertiary/aromatic N) is 2. The van der Waals surface area contributed by atoms with Gasteiger partial charge in [0.2, 0.25) is 0 Å². The Bertz CT molecular complexity index is 331. The van der Waals surface area contributed by atoms with Gasteiger partial charge in [0.25, 0.3) is 0 Å². The molecule has 1 saturated carbocycles. The van der Waals surface area contributed by atoms with E-state index < -0.39 is 0 Å². The molecular formula is C14H22N2O. The van der Waals surface area contributed by atoms with Gasteiger partial charge in [0.05, 0.1) is 11.9 Å². The zero-order chi connectivity index (χ0) is 12.1. The molecule has 1 aromatic rings. The second-order valence-corrected chi connectivity index (χ2v) is 5.21. The molecule has 0 radical (unpaired) electrons. The lowest BCUT2D eigenvalue weighted by Gasteiger charge is -2.26. The summed E-state index contributed by atoms with van der Waals surface area (Å²) < 4.78 is 0. The van der Waals surface area contributed by atoms with E-state index in [1.807, 2.05) is 6.07 Å². The molecule has 0 aromatic carbocycles. The highest BCUT2D eigenvalue weighted by atomic mass is 16.3. The van der Waals surface area contributed by atoms with Gasteiger partial charge in [-0.15, -0.1) is 0 Å². The molecule has 1 aromatic heterocycles. The fourth-order valence-corrected chi connectivity index (χ4v) is 2.66. The third kappa shape index (κ3) is 4.00. The minimum Gasteiger partial charge on any atom is -0.506 e. The van der Waals surface area contributed by atoms with Crippen LogP contribution >= 0.6 is 0 Å². The summed E-state index contributed by atoms with van der Waals surface area (Å²) in [5, 5.41) is 9.18. The third-order valence-corrected chi connectivity index (χ3v) is 3.54. The smallest absolute Gasteiger partial charge is 0.133 e. The normalized spacial score (nSPS) is 17.5. The highest BCUT2D eigenvalue weighted by Crippen LogP contribution is 2.24. The average Bonchev–Trinajstić information content (AvgIpc) is 2.33. The Kier molecular flexibility index (Phi) is 4.37. The maximum absolute atomic E-state index is 9.18. The molecule has 0 unspecified atom stereocenters. The summed E-state index contributed by atoms with van der Waals surface area (Å²) in [6, 6.07) is 3.60. The number of hydrogen-bond acceptors (Lipinski definition) is 3. The first-order chi connectivity index (χ1) is 8.24. The first-order valence-electron chi connectivity index (χ1n) is 6.56. The molecule has 0 atom stereocenters. The van der Waals surface area contributed by atoms with Crippen LogP contribution in [0.1, 0.15) is 37.8 Å². The number of rotatable bonds is 4. The average molecular weight is 234 g/mol. The van der Waals surface area contributed by atoms with Crippen molar-refractivity contribution >= 4 is 0 Å².